The number of alkyl halides is 1. The number of aliphatic imine (C=N–C) groups is 1. The van der Waals surface area contributed by atoms with Gasteiger partial charge in [-0.15, -0.1) is 5.10 Å². The number of carbonyl (C=O) groups excluding carboxylic acids is 1. The topological polar surface area (TPSA) is 87.4 Å². The van der Waals surface area contributed by atoms with Gasteiger partial charge in [0, 0.05) is 38.3 Å². The van der Waals surface area contributed by atoms with Gasteiger partial charge >= 0.3 is 0 Å². The highest BCUT2D eigenvalue weighted by Gasteiger charge is 2.19. The van der Waals surface area contributed by atoms with Crippen molar-refractivity contribution in [2.45, 2.75) is 81.1 Å². The van der Waals surface area contributed by atoms with Gasteiger partial charge in [0.1, 0.15) is 12.5 Å². The summed E-state index contributed by atoms with van der Waals surface area (Å²) < 4.78 is 13.9. The van der Waals surface area contributed by atoms with E-state index in [-0.39, 0.29) is 12.0 Å². The first-order valence-corrected chi connectivity index (χ1v) is 16.4. The lowest BCUT2D eigenvalue weighted by atomic mass is 9.92. The summed E-state index contributed by atoms with van der Waals surface area (Å²) in [6.45, 7) is 21.1. The summed E-state index contributed by atoms with van der Waals surface area (Å²) in [6, 6.07) is 12.1. The highest BCUT2D eigenvalue weighted by Crippen LogP contribution is 2.27. The van der Waals surface area contributed by atoms with Gasteiger partial charge in [0.15, 0.2) is 5.82 Å². The van der Waals surface area contributed by atoms with Crippen molar-refractivity contribution in [1.29, 1.82) is 0 Å². The molecular formula is C37H56FN7O. The molecule has 2 N–H and O–H groups in total. The molecule has 0 saturated carbocycles. The number of hydrogen-bond donors (Lipinski definition) is 2. The van der Waals surface area contributed by atoms with Crippen molar-refractivity contribution < 1.29 is 9.18 Å². The summed E-state index contributed by atoms with van der Waals surface area (Å²) in [4.78, 5) is 21.8. The lowest BCUT2D eigenvalue weighted by Crippen LogP contribution is -2.27. The molecule has 8 nitrogen and oxygen atoms in total. The first-order valence-electron chi connectivity index (χ1n) is 16.4. The number of anilines is 3. The van der Waals surface area contributed by atoms with Gasteiger partial charge in [0.05, 0.1) is 29.0 Å². The Bertz CT molecular complexity index is 1370. The molecule has 0 atom stereocenters. The van der Waals surface area contributed by atoms with Crippen LogP contribution in [0.5, 0.6) is 0 Å². The van der Waals surface area contributed by atoms with Gasteiger partial charge in [0.2, 0.25) is 6.41 Å². The van der Waals surface area contributed by atoms with E-state index in [1.807, 2.05) is 50.0 Å². The molecule has 1 aromatic carbocycles. The Morgan fingerprint density at radius 2 is 1.78 bits per heavy atom. The van der Waals surface area contributed by atoms with Gasteiger partial charge in [0.25, 0.3) is 0 Å². The van der Waals surface area contributed by atoms with Crippen LogP contribution in [0.3, 0.4) is 0 Å². The molecule has 3 heterocycles. The maximum atomic E-state index is 12.0. The summed E-state index contributed by atoms with van der Waals surface area (Å²) >= 11 is 0. The van der Waals surface area contributed by atoms with Gasteiger partial charge in [-0.05, 0) is 54.2 Å². The van der Waals surface area contributed by atoms with Crippen molar-refractivity contribution in [1.82, 2.24) is 14.8 Å². The third-order valence-corrected chi connectivity index (χ3v) is 6.55. The zero-order valence-corrected chi connectivity index (χ0v) is 29.5. The van der Waals surface area contributed by atoms with E-state index in [9.17, 15) is 9.18 Å². The number of allylic oxidation sites excluding steroid dienone is 2. The van der Waals surface area contributed by atoms with Crippen molar-refractivity contribution >= 4 is 29.4 Å². The van der Waals surface area contributed by atoms with Crippen molar-refractivity contribution in [2.24, 2.45) is 10.4 Å². The van der Waals surface area contributed by atoms with Crippen LogP contribution in [0.1, 0.15) is 85.8 Å². The van der Waals surface area contributed by atoms with Gasteiger partial charge < -0.3 is 10.6 Å². The second-order valence-electron chi connectivity index (χ2n) is 11.5. The molecule has 9 heteroatoms. The minimum atomic E-state index is -0.408. The number of halogens is 1. The van der Waals surface area contributed by atoms with Crippen LogP contribution in [-0.4, -0.2) is 53.7 Å². The molecule has 2 aromatic heterocycles. The van der Waals surface area contributed by atoms with Crippen molar-refractivity contribution in [3.63, 3.8) is 0 Å². The van der Waals surface area contributed by atoms with E-state index in [0.717, 1.165) is 54.0 Å². The van der Waals surface area contributed by atoms with Gasteiger partial charge in [-0.25, -0.2) is 14.1 Å². The Balaban J connectivity index is 0.000000420. The Labute approximate surface area is 276 Å². The van der Waals surface area contributed by atoms with Crippen molar-refractivity contribution in [3.05, 3.63) is 84.3 Å². The van der Waals surface area contributed by atoms with Crippen LogP contribution in [0.25, 0.3) is 5.69 Å². The summed E-state index contributed by atoms with van der Waals surface area (Å²) in [5.41, 5.74) is 6.18. The third kappa shape index (κ3) is 13.4. The molecule has 0 radical (unpaired) electrons. The Morgan fingerprint density at radius 3 is 2.30 bits per heavy atom. The average Bonchev–Trinajstić information content (AvgIpc) is 3.73. The number of carbonyl (C=O) groups is 1. The Kier molecular flexibility index (Phi) is 18.5. The number of aromatic nitrogens is 3. The molecule has 46 heavy (non-hydrogen) atoms. The molecule has 4 rings (SSSR count). The van der Waals surface area contributed by atoms with Crippen LogP contribution in [0, 0.1) is 5.41 Å². The largest absolute Gasteiger partial charge is 0.384 e. The standard InChI is InChI=1S/C19H28N4O.C13H14FN3.C3H8.C2H6/c1-6-15-7-9-16(10-8-15)23-13-17(20-5)18(21-23)22(14-24)12-11-19(2,3)4;1-2-11-3-4-12(17-11)10-5-7-15-13(9-10)16-8-6-14;1-3-2;1-2/h7-10,13-14,20H,6,11-12H2,1-5H3;2-3,5,7,9H,1,4,6,8H2,(H,15,16);3H2,1-2H3;1-2H3. The molecule has 0 spiro atoms. The number of pyridine rings is 1. The van der Waals surface area contributed by atoms with E-state index in [1.165, 1.54) is 12.0 Å². The molecule has 0 unspecified atom stereocenters. The molecule has 0 fully saturated rings. The van der Waals surface area contributed by atoms with Crippen molar-refractivity contribution in [3.8, 4) is 5.69 Å². The molecule has 0 bridgehead atoms. The SMILES string of the molecule is C=CC1=CCC(c2ccnc(NCCF)c2)=N1.CC.CCC.CCc1ccc(-n2cc(NC)c(N(C=O)CCC(C)(C)C)n2)cc1. The number of amides is 1. The van der Waals surface area contributed by atoms with E-state index in [0.29, 0.717) is 18.2 Å². The smallest absolute Gasteiger partial charge is 0.215 e. The molecule has 0 saturated heterocycles. The molecule has 1 aliphatic heterocycles. The number of rotatable bonds is 12. The predicted octanol–water partition coefficient (Wildman–Crippen LogP) is 9.04. The van der Waals surface area contributed by atoms with Crippen LogP contribution < -0.4 is 15.5 Å². The summed E-state index contributed by atoms with van der Waals surface area (Å²) in [5.74, 6) is 1.34. The van der Waals surface area contributed by atoms with E-state index < -0.39 is 6.67 Å². The minimum Gasteiger partial charge on any atom is -0.384 e. The number of nitrogens with zero attached hydrogens (tertiary/aromatic N) is 5. The van der Waals surface area contributed by atoms with E-state index in [1.54, 1.807) is 17.2 Å². The second kappa shape index (κ2) is 21.5. The fraction of sp³-hybridized carbons (Fsp3) is 0.459. The lowest BCUT2D eigenvalue weighted by Gasteiger charge is -2.23. The fourth-order valence-electron chi connectivity index (χ4n) is 4.08. The summed E-state index contributed by atoms with van der Waals surface area (Å²) in [5, 5.41) is 10.7. The number of nitrogens with one attached hydrogen (secondary N) is 2. The molecule has 3 aromatic rings. The Hall–Kier alpha value is -4.27. The second-order valence-corrected chi connectivity index (χ2v) is 11.5. The molecule has 1 aliphatic rings. The number of aryl methyl sites for hydroxylation is 1. The van der Waals surface area contributed by atoms with E-state index in [4.69, 9.17) is 0 Å². The maximum Gasteiger partial charge on any atom is 0.215 e. The predicted molar refractivity (Wildman–Crippen MR) is 195 cm³/mol. The van der Waals surface area contributed by atoms with E-state index in [2.05, 4.69) is 98.1 Å². The normalized spacial score (nSPS) is 11.7. The first-order chi connectivity index (χ1) is 22.1. The first kappa shape index (κ1) is 39.8. The quantitative estimate of drug-likeness (QED) is 0.194. The minimum absolute atomic E-state index is 0.166. The van der Waals surface area contributed by atoms with Crippen LogP contribution in [0.2, 0.25) is 0 Å². The fourth-order valence-corrected chi connectivity index (χ4v) is 4.08. The number of benzene rings is 1. The van der Waals surface area contributed by atoms with Gasteiger partial charge in [-0.1, -0.05) is 86.6 Å². The Morgan fingerprint density at radius 1 is 1.11 bits per heavy atom. The van der Waals surface area contributed by atoms with Crippen LogP contribution in [-0.2, 0) is 11.2 Å². The monoisotopic (exact) mass is 633 g/mol. The zero-order valence-electron chi connectivity index (χ0n) is 29.5. The number of hydrogen-bond acceptors (Lipinski definition) is 6. The molecule has 252 valence electrons. The van der Waals surface area contributed by atoms with Crippen molar-refractivity contribution in [2.75, 3.05) is 42.3 Å². The van der Waals surface area contributed by atoms with Gasteiger partial charge in [-0.3, -0.25) is 14.7 Å². The maximum absolute atomic E-state index is 12.0. The lowest BCUT2D eigenvalue weighted by molar-refractivity contribution is -0.107. The zero-order chi connectivity index (χ0) is 34.5. The van der Waals surface area contributed by atoms with Gasteiger partial charge in [-0.2, -0.15) is 0 Å². The van der Waals surface area contributed by atoms with Crippen LogP contribution in [0.15, 0.2) is 78.2 Å². The molecular weight excluding hydrogens is 577 g/mol. The third-order valence-electron chi connectivity index (χ3n) is 6.55. The van der Waals surface area contributed by atoms with Crippen LogP contribution >= 0.6 is 0 Å². The summed E-state index contributed by atoms with van der Waals surface area (Å²) in [7, 11) is 1.85. The summed E-state index contributed by atoms with van der Waals surface area (Å²) in [6.07, 6.45) is 12.2. The van der Waals surface area contributed by atoms with E-state index >= 15 is 0 Å². The van der Waals surface area contributed by atoms with Crippen LogP contribution in [0.4, 0.5) is 21.7 Å². The molecule has 1 amide bonds. The molecule has 0 aliphatic carbocycles. The highest BCUT2D eigenvalue weighted by molar-refractivity contribution is 6.04. The average molecular weight is 634 g/mol. The highest BCUT2D eigenvalue weighted by atomic mass is 19.1.